The Hall–Kier alpha value is -3.60. The van der Waals surface area contributed by atoms with E-state index in [9.17, 15) is 63.6 Å². The predicted molar refractivity (Wildman–Crippen MR) is 176 cm³/mol. The minimum absolute atomic E-state index is 0. The Kier molecular flexibility index (Phi) is 27.4. The van der Waals surface area contributed by atoms with E-state index >= 15 is 0 Å². The van der Waals surface area contributed by atoms with Crippen molar-refractivity contribution < 1.29 is 113 Å². The fraction of sp³-hybridized carbons (Fsp3) is 0.633. The molecular weight excluding hydrogens is 839 g/mol. The first-order chi connectivity index (χ1) is 24.0. The Labute approximate surface area is 348 Å². The molecule has 4 atom stereocenters. The van der Waals surface area contributed by atoms with E-state index in [1.54, 1.807) is 0 Å². The van der Waals surface area contributed by atoms with E-state index in [1.807, 2.05) is 27.1 Å². The molecule has 0 aromatic carbocycles. The van der Waals surface area contributed by atoms with Crippen molar-refractivity contribution in [3.63, 3.8) is 0 Å². The summed E-state index contributed by atoms with van der Waals surface area (Å²) >= 11 is 0. The van der Waals surface area contributed by atoms with E-state index in [0.29, 0.717) is 0 Å². The smallest absolute Gasteiger partial charge is 0.243 e. The van der Waals surface area contributed by atoms with Gasteiger partial charge in [-0.15, -0.1) is 5.41 Å². The summed E-state index contributed by atoms with van der Waals surface area (Å²) in [5.74, 6) is -8.16. The zero-order valence-corrected chi connectivity index (χ0v) is 34.8. The van der Waals surface area contributed by atoms with Gasteiger partial charge in [-0.1, -0.05) is 20.8 Å². The monoisotopic (exact) mass is 888 g/mol. The standard InChI is InChI=1S/C25H40N9O12.C5H9O.Fe.Y/c1-13-22(40)26-12-21(39)29-18(6-9-33(45)15(3)36)24(42)31-19(7-10-34(46)16(4)37)25(43)30-17(5-8-32(44)14(2)35)23(41)27-11-20(38)28-13;1-5(2,3)4-6;;/h13,17-19,44-46H,1,5-12H2,2-4H3,(H,26,40)(H,27,41)(H,28,38)(H,29,39)(H,30,43)(H,31,42);1-3H3;;/q2*-1;;/t13?,17-,18+,19-;;;/m1.../s1. The molecule has 9 amide bonds. The number of carbonyl (C=O) groups excluding carboxylic acids is 10. The quantitative estimate of drug-likeness (QED) is 0.0463. The number of hydrogen-bond acceptors (Lipinski definition) is 13. The first-order valence-corrected chi connectivity index (χ1v) is 15.9. The fourth-order valence-electron chi connectivity index (χ4n) is 3.72. The van der Waals surface area contributed by atoms with Crippen molar-refractivity contribution in [3.8, 4) is 0 Å². The van der Waals surface area contributed by atoms with Crippen LogP contribution in [-0.4, -0.2) is 147 Å². The van der Waals surface area contributed by atoms with Gasteiger partial charge in [-0.25, -0.2) is 15.2 Å². The van der Waals surface area contributed by atoms with Gasteiger partial charge in [0.15, 0.2) is 0 Å². The van der Waals surface area contributed by atoms with Gasteiger partial charge in [0.1, 0.15) is 18.1 Å². The molecule has 0 saturated carbocycles. The zero-order valence-electron chi connectivity index (χ0n) is 30.9. The molecule has 54 heavy (non-hydrogen) atoms. The number of rotatable bonds is 9. The molecule has 1 fully saturated rings. The van der Waals surface area contributed by atoms with Crippen molar-refractivity contribution in [3.05, 3.63) is 6.92 Å². The van der Waals surface area contributed by atoms with Gasteiger partial charge < -0.3 is 43.6 Å². The van der Waals surface area contributed by atoms with Crippen molar-refractivity contribution in [2.75, 3.05) is 32.7 Å². The summed E-state index contributed by atoms with van der Waals surface area (Å²) in [5.41, 5.74) is -0.264. The van der Waals surface area contributed by atoms with Gasteiger partial charge in [-0.3, -0.25) is 65.1 Å². The molecule has 1 aliphatic rings. The molecule has 1 rings (SSSR count). The molecular formula is C30H49FeN9O13Y-2. The van der Waals surface area contributed by atoms with Crippen LogP contribution in [0.15, 0.2) is 0 Å². The van der Waals surface area contributed by atoms with Gasteiger partial charge in [0.25, 0.3) is 0 Å². The maximum absolute atomic E-state index is 13.4. The first kappa shape index (κ1) is 54.7. The summed E-state index contributed by atoms with van der Waals surface area (Å²) in [4.78, 5) is 121. The van der Waals surface area contributed by atoms with E-state index in [0.717, 1.165) is 20.8 Å². The SMILES string of the molecule is CC(C)(C)[C-]=O.[CH2-]C1NC(=O)CNC(=O)[C@@H](CCN(O)C(C)=O)NC(=O)[C@@H](CCN(O)C(C)=O)NC(=O)[C@H](CCN(O)C(C)=O)NC(=O)CNC1=O.[Fe].[Y]. The van der Waals surface area contributed by atoms with Crippen LogP contribution in [0.5, 0.6) is 0 Å². The van der Waals surface area contributed by atoms with Crippen molar-refractivity contribution in [1.29, 1.82) is 0 Å². The van der Waals surface area contributed by atoms with Crippen LogP contribution >= 0.6 is 0 Å². The topological polar surface area (TPSA) is 313 Å². The second-order valence-corrected chi connectivity index (χ2v) is 12.4. The molecule has 305 valence electrons. The van der Waals surface area contributed by atoms with Crippen LogP contribution in [0.1, 0.15) is 60.8 Å². The summed E-state index contributed by atoms with van der Waals surface area (Å²) in [6, 6.07) is -6.08. The maximum atomic E-state index is 13.4. The Morgan fingerprint density at radius 2 is 0.944 bits per heavy atom. The minimum Gasteiger partial charge on any atom is -0.541 e. The van der Waals surface area contributed by atoms with Crippen molar-refractivity contribution in [2.45, 2.75) is 85.0 Å². The van der Waals surface area contributed by atoms with Crippen LogP contribution in [0.3, 0.4) is 0 Å². The van der Waals surface area contributed by atoms with Crippen LogP contribution < -0.4 is 31.9 Å². The predicted octanol–water partition coefficient (Wildman–Crippen LogP) is -3.97. The summed E-state index contributed by atoms with van der Waals surface area (Å²) in [6.07, 6.45) is 0.621. The minimum atomic E-state index is -1.60. The van der Waals surface area contributed by atoms with E-state index in [-0.39, 0.29) is 70.4 Å². The molecule has 9 N–H and O–H groups in total. The zero-order chi connectivity index (χ0) is 40.3. The Bertz CT molecular complexity index is 1310. The molecule has 24 heteroatoms. The van der Waals surface area contributed by atoms with Gasteiger partial charge in [0, 0.05) is 70.5 Å². The Balaban J connectivity index is -0.00000299. The molecule has 1 aliphatic heterocycles. The average molecular weight is 889 g/mol. The third-order valence-corrected chi connectivity index (χ3v) is 6.70. The molecule has 22 nitrogen and oxygen atoms in total. The molecule has 0 spiro atoms. The van der Waals surface area contributed by atoms with Crippen LogP contribution in [0.4, 0.5) is 0 Å². The number of nitrogens with one attached hydrogen (secondary N) is 6. The second kappa shape index (κ2) is 27.1. The number of hydroxylamine groups is 6. The van der Waals surface area contributed by atoms with E-state index in [1.165, 1.54) is 0 Å². The average Bonchev–Trinajstić information content (AvgIpc) is 3.06. The van der Waals surface area contributed by atoms with Crippen LogP contribution in [-0.2, 0) is 97.7 Å². The van der Waals surface area contributed by atoms with E-state index in [4.69, 9.17) is 0 Å². The van der Waals surface area contributed by atoms with Crippen molar-refractivity contribution >= 4 is 59.5 Å². The largest absolute Gasteiger partial charge is 0.541 e. The molecule has 0 aromatic heterocycles. The summed E-state index contributed by atoms with van der Waals surface area (Å²) < 4.78 is 0. The molecule has 1 unspecified atom stereocenters. The maximum Gasteiger partial charge on any atom is 0.243 e. The Morgan fingerprint density at radius 3 is 1.28 bits per heavy atom. The first-order valence-electron chi connectivity index (χ1n) is 15.9. The number of nitrogens with zero attached hydrogens (tertiary/aromatic N) is 3. The summed E-state index contributed by atoms with van der Waals surface area (Å²) in [7, 11) is 0. The molecule has 0 bridgehead atoms. The normalized spacial score (nSPS) is 20.0. The molecule has 0 aliphatic carbocycles. The molecule has 0 aromatic rings. The van der Waals surface area contributed by atoms with Crippen molar-refractivity contribution in [2.24, 2.45) is 5.41 Å². The Morgan fingerprint density at radius 1 is 0.648 bits per heavy atom. The summed E-state index contributed by atoms with van der Waals surface area (Å²) in [5, 5.41) is 43.7. The fourth-order valence-corrected chi connectivity index (χ4v) is 3.72. The van der Waals surface area contributed by atoms with Gasteiger partial charge in [-0.2, -0.15) is 0 Å². The molecule has 1 saturated heterocycles. The van der Waals surface area contributed by atoms with Crippen LogP contribution in [0.2, 0.25) is 0 Å². The molecule has 1 radical (unpaired) electrons. The van der Waals surface area contributed by atoms with E-state index < -0.39 is 129 Å². The van der Waals surface area contributed by atoms with Crippen LogP contribution in [0.25, 0.3) is 0 Å². The van der Waals surface area contributed by atoms with Gasteiger partial charge >= 0.3 is 0 Å². The number of amides is 9. The molecule has 1 heterocycles. The number of carbonyl (C=O) groups is 9. The van der Waals surface area contributed by atoms with Gasteiger partial charge in [-0.05, 0) is 25.3 Å². The second-order valence-electron chi connectivity index (χ2n) is 12.4. The number of hydrogen-bond donors (Lipinski definition) is 9. The third-order valence-electron chi connectivity index (χ3n) is 6.70. The van der Waals surface area contributed by atoms with Crippen molar-refractivity contribution in [1.82, 2.24) is 47.1 Å². The summed E-state index contributed by atoms with van der Waals surface area (Å²) in [6.45, 7) is 9.15. The van der Waals surface area contributed by atoms with Crippen LogP contribution in [0, 0.1) is 12.3 Å². The van der Waals surface area contributed by atoms with E-state index in [2.05, 4.69) is 38.8 Å². The van der Waals surface area contributed by atoms with Gasteiger partial charge in [0.2, 0.25) is 53.2 Å². The van der Waals surface area contributed by atoms with Gasteiger partial charge in [0.05, 0.1) is 32.7 Å². The third kappa shape index (κ3) is 23.2.